The highest BCUT2D eigenvalue weighted by molar-refractivity contribution is 7.92. The number of aryl methyl sites for hydroxylation is 3. The van der Waals surface area contributed by atoms with Crippen molar-refractivity contribution in [3.05, 3.63) is 95.1 Å². The second-order valence-corrected chi connectivity index (χ2v) is 11.8. The molecular weight excluding hydrogens is 539 g/mol. The first kappa shape index (κ1) is 27.3. The third kappa shape index (κ3) is 6.21. The summed E-state index contributed by atoms with van der Waals surface area (Å²) in [6.07, 6.45) is 0. The van der Waals surface area contributed by atoms with Gasteiger partial charge in [0.1, 0.15) is 5.00 Å². The Morgan fingerprint density at radius 2 is 1.53 bits per heavy atom. The molecule has 0 aliphatic carbocycles. The summed E-state index contributed by atoms with van der Waals surface area (Å²) >= 11 is 6.84. The van der Waals surface area contributed by atoms with Crippen LogP contribution in [0.15, 0.2) is 77.7 Å². The number of esters is 1. The van der Waals surface area contributed by atoms with Gasteiger partial charge in [0.05, 0.1) is 23.3 Å². The Kier molecular flexibility index (Phi) is 8.15. The van der Waals surface area contributed by atoms with Gasteiger partial charge in [0.15, 0.2) is 5.11 Å². The fraction of sp³-hybridized carbons (Fsp3) is 0.143. The summed E-state index contributed by atoms with van der Waals surface area (Å²) in [4.78, 5) is 13.4. The Bertz CT molecular complexity index is 1570. The van der Waals surface area contributed by atoms with E-state index >= 15 is 0 Å². The fourth-order valence-corrected chi connectivity index (χ4v) is 6.55. The largest absolute Gasteiger partial charge is 0.465 e. The lowest BCUT2D eigenvalue weighted by atomic mass is 10.1. The van der Waals surface area contributed by atoms with Gasteiger partial charge in [-0.15, -0.1) is 11.3 Å². The predicted molar refractivity (Wildman–Crippen MR) is 159 cm³/mol. The normalized spacial score (nSPS) is 11.1. The first-order valence-corrected chi connectivity index (χ1v) is 14.3. The number of thiophene rings is 1. The third-order valence-electron chi connectivity index (χ3n) is 5.76. The molecule has 4 rings (SSSR count). The average Bonchev–Trinajstić information content (AvgIpc) is 3.30. The number of methoxy groups -OCH3 is 1. The van der Waals surface area contributed by atoms with Gasteiger partial charge < -0.3 is 15.4 Å². The molecule has 3 aromatic carbocycles. The number of thiocarbonyl (C=S) groups is 1. The lowest BCUT2D eigenvalue weighted by Crippen LogP contribution is -2.20. The summed E-state index contributed by atoms with van der Waals surface area (Å²) in [7, 11) is -2.45. The molecule has 196 valence electrons. The molecule has 4 aromatic rings. The molecule has 0 atom stereocenters. The van der Waals surface area contributed by atoms with Crippen LogP contribution in [0, 0.1) is 20.8 Å². The van der Waals surface area contributed by atoms with Crippen molar-refractivity contribution in [3.8, 4) is 10.4 Å². The number of carbonyl (C=O) groups is 1. The monoisotopic (exact) mass is 565 g/mol. The number of sulfonamides is 1. The van der Waals surface area contributed by atoms with Crippen LogP contribution in [0.25, 0.3) is 10.4 Å². The molecule has 0 saturated heterocycles. The fourth-order valence-electron chi connectivity index (χ4n) is 4.01. The lowest BCUT2D eigenvalue weighted by Gasteiger charge is -2.15. The quantitative estimate of drug-likeness (QED) is 0.169. The highest BCUT2D eigenvalue weighted by atomic mass is 32.2. The molecule has 0 amide bonds. The van der Waals surface area contributed by atoms with Crippen molar-refractivity contribution >= 4 is 61.0 Å². The van der Waals surface area contributed by atoms with Gasteiger partial charge in [-0.2, -0.15) is 0 Å². The molecule has 0 aliphatic heterocycles. The maximum atomic E-state index is 13.0. The van der Waals surface area contributed by atoms with Crippen molar-refractivity contribution in [1.82, 2.24) is 0 Å². The van der Waals surface area contributed by atoms with E-state index in [1.807, 2.05) is 63.2 Å². The molecule has 0 unspecified atom stereocenters. The highest BCUT2D eigenvalue weighted by Gasteiger charge is 2.19. The summed E-state index contributed by atoms with van der Waals surface area (Å²) in [5.74, 6) is -0.477. The maximum Gasteiger partial charge on any atom is 0.340 e. The van der Waals surface area contributed by atoms with Gasteiger partial charge >= 0.3 is 5.97 Å². The van der Waals surface area contributed by atoms with Crippen LogP contribution in [0.5, 0.6) is 0 Å². The lowest BCUT2D eigenvalue weighted by molar-refractivity contribution is 0.0602. The molecule has 1 heterocycles. The van der Waals surface area contributed by atoms with E-state index in [1.165, 1.54) is 30.6 Å². The van der Waals surface area contributed by atoms with E-state index in [2.05, 4.69) is 15.4 Å². The van der Waals surface area contributed by atoms with Crippen molar-refractivity contribution < 1.29 is 17.9 Å². The van der Waals surface area contributed by atoms with Gasteiger partial charge in [0, 0.05) is 10.6 Å². The number of hydrogen-bond donors (Lipinski definition) is 3. The Hall–Kier alpha value is -3.73. The zero-order valence-electron chi connectivity index (χ0n) is 21.3. The number of hydrogen-bond acceptors (Lipinski definition) is 6. The number of nitrogens with one attached hydrogen (secondary N) is 3. The molecule has 0 spiro atoms. The van der Waals surface area contributed by atoms with E-state index in [-0.39, 0.29) is 10.0 Å². The molecule has 0 bridgehead atoms. The molecular formula is C28H27N3O4S3. The molecule has 0 aliphatic rings. The minimum atomic E-state index is -3.78. The second-order valence-electron chi connectivity index (χ2n) is 8.69. The van der Waals surface area contributed by atoms with Gasteiger partial charge in [0.2, 0.25) is 0 Å². The van der Waals surface area contributed by atoms with E-state index in [4.69, 9.17) is 17.0 Å². The second kappa shape index (κ2) is 11.3. The van der Waals surface area contributed by atoms with E-state index in [0.29, 0.717) is 21.9 Å². The summed E-state index contributed by atoms with van der Waals surface area (Å²) in [5.41, 5.74) is 5.29. The molecule has 7 nitrogen and oxygen atoms in total. The molecule has 0 radical (unpaired) electrons. The van der Waals surface area contributed by atoms with Crippen LogP contribution in [-0.2, 0) is 14.8 Å². The topological polar surface area (TPSA) is 96.5 Å². The number of anilines is 3. The van der Waals surface area contributed by atoms with Crippen molar-refractivity contribution in [1.29, 1.82) is 0 Å². The molecule has 1 aromatic heterocycles. The van der Waals surface area contributed by atoms with Crippen molar-refractivity contribution in [2.24, 2.45) is 0 Å². The summed E-state index contributed by atoms with van der Waals surface area (Å²) in [6, 6.07) is 21.6. The summed E-state index contributed by atoms with van der Waals surface area (Å²) < 4.78 is 33.6. The SMILES string of the molecule is COC(=O)c1cc(-c2ccccc2)sc1NC(=S)Nc1ccc(S(=O)(=O)Nc2c(C)cc(C)cc2C)cc1. The number of benzene rings is 3. The van der Waals surface area contributed by atoms with E-state index in [9.17, 15) is 13.2 Å². The Balaban J connectivity index is 1.48. The van der Waals surface area contributed by atoms with E-state index in [1.54, 1.807) is 18.2 Å². The van der Waals surface area contributed by atoms with Crippen LogP contribution in [-0.4, -0.2) is 26.6 Å². The number of carbonyl (C=O) groups excluding carboxylic acids is 1. The van der Waals surface area contributed by atoms with Crippen molar-refractivity contribution in [2.75, 3.05) is 22.5 Å². The molecule has 3 N–H and O–H groups in total. The number of ether oxygens (including phenoxy) is 1. The van der Waals surface area contributed by atoms with Crippen LogP contribution in [0.4, 0.5) is 16.4 Å². The average molecular weight is 566 g/mol. The van der Waals surface area contributed by atoms with Gasteiger partial charge in [-0.1, -0.05) is 48.0 Å². The van der Waals surface area contributed by atoms with Gasteiger partial charge in [-0.25, -0.2) is 13.2 Å². The van der Waals surface area contributed by atoms with E-state index in [0.717, 1.165) is 27.1 Å². The Morgan fingerprint density at radius 3 is 2.13 bits per heavy atom. The van der Waals surface area contributed by atoms with Crippen molar-refractivity contribution in [3.63, 3.8) is 0 Å². The van der Waals surface area contributed by atoms with Gasteiger partial charge in [0.25, 0.3) is 10.0 Å². The zero-order chi connectivity index (χ0) is 27.4. The zero-order valence-corrected chi connectivity index (χ0v) is 23.7. The summed E-state index contributed by atoms with van der Waals surface area (Å²) in [5, 5.41) is 6.89. The van der Waals surface area contributed by atoms with Crippen LogP contribution in [0.2, 0.25) is 0 Å². The molecule has 38 heavy (non-hydrogen) atoms. The highest BCUT2D eigenvalue weighted by Crippen LogP contribution is 2.36. The van der Waals surface area contributed by atoms with Crippen LogP contribution in [0.1, 0.15) is 27.0 Å². The Morgan fingerprint density at radius 1 is 0.895 bits per heavy atom. The third-order valence-corrected chi connectivity index (χ3v) is 8.43. The van der Waals surface area contributed by atoms with E-state index < -0.39 is 16.0 Å². The Labute approximate surface area is 231 Å². The van der Waals surface area contributed by atoms with Crippen molar-refractivity contribution in [2.45, 2.75) is 25.7 Å². The molecule has 10 heteroatoms. The molecule has 0 fully saturated rings. The maximum absolute atomic E-state index is 13.0. The van der Waals surface area contributed by atoms with Crippen LogP contribution >= 0.6 is 23.6 Å². The number of rotatable bonds is 7. The standard InChI is InChI=1S/C28H27N3O4S3/c1-17-14-18(2)25(19(3)15-17)31-38(33,34)22-12-10-21(11-13-22)29-28(36)30-26-23(27(32)35-4)16-24(37-26)20-8-6-5-7-9-20/h5-16,31H,1-4H3,(H2,29,30,36). The minimum Gasteiger partial charge on any atom is -0.465 e. The predicted octanol–water partition coefficient (Wildman–Crippen LogP) is 6.74. The summed E-state index contributed by atoms with van der Waals surface area (Å²) in [6.45, 7) is 5.72. The van der Waals surface area contributed by atoms with Crippen LogP contribution < -0.4 is 15.4 Å². The van der Waals surface area contributed by atoms with Gasteiger partial charge in [-0.05, 0) is 80.0 Å². The van der Waals surface area contributed by atoms with Gasteiger partial charge in [-0.3, -0.25) is 4.72 Å². The smallest absolute Gasteiger partial charge is 0.340 e. The first-order chi connectivity index (χ1) is 18.1. The minimum absolute atomic E-state index is 0.125. The molecule has 0 saturated carbocycles. The van der Waals surface area contributed by atoms with Crippen LogP contribution in [0.3, 0.4) is 0 Å². The first-order valence-electron chi connectivity index (χ1n) is 11.6.